The normalized spacial score (nSPS) is 17.3. The van der Waals surface area contributed by atoms with Gasteiger partial charge in [0, 0.05) is 13.1 Å². The summed E-state index contributed by atoms with van der Waals surface area (Å²) in [5.74, 6) is 0.718. The SMILES string of the molecule is CCNC(=NCCS(=O)(=O)c1ccccc1)N1CCOC(c2ccccc2C)C1.I. The molecule has 0 bridgehead atoms. The van der Waals surface area contributed by atoms with E-state index in [4.69, 9.17) is 4.74 Å². The Balaban J connectivity index is 0.00000320. The van der Waals surface area contributed by atoms with E-state index in [0.29, 0.717) is 18.0 Å². The first kappa shape index (κ1) is 24.6. The van der Waals surface area contributed by atoms with Gasteiger partial charge in [-0.1, -0.05) is 42.5 Å². The fourth-order valence-electron chi connectivity index (χ4n) is 3.42. The highest BCUT2D eigenvalue weighted by Gasteiger charge is 2.25. The Kier molecular flexibility index (Phi) is 9.57. The van der Waals surface area contributed by atoms with Crippen molar-refractivity contribution in [1.82, 2.24) is 10.2 Å². The monoisotopic (exact) mass is 543 g/mol. The summed E-state index contributed by atoms with van der Waals surface area (Å²) in [5, 5.41) is 3.29. The van der Waals surface area contributed by atoms with Gasteiger partial charge in [0.1, 0.15) is 6.10 Å². The molecule has 0 saturated carbocycles. The molecule has 0 aliphatic carbocycles. The Morgan fingerprint density at radius 3 is 2.57 bits per heavy atom. The Labute approximate surface area is 196 Å². The third kappa shape index (κ3) is 6.42. The number of benzene rings is 2. The molecule has 3 rings (SSSR count). The van der Waals surface area contributed by atoms with Crippen LogP contribution in [0.1, 0.15) is 24.2 Å². The molecule has 1 aliphatic heterocycles. The van der Waals surface area contributed by atoms with Crippen molar-refractivity contribution in [3.05, 3.63) is 65.7 Å². The van der Waals surface area contributed by atoms with Gasteiger partial charge >= 0.3 is 0 Å². The lowest BCUT2D eigenvalue weighted by molar-refractivity contribution is -0.00831. The molecule has 0 radical (unpaired) electrons. The van der Waals surface area contributed by atoms with Crippen LogP contribution in [0, 0.1) is 6.92 Å². The summed E-state index contributed by atoms with van der Waals surface area (Å²) in [4.78, 5) is 7.09. The highest BCUT2D eigenvalue weighted by atomic mass is 127. The van der Waals surface area contributed by atoms with Crippen molar-refractivity contribution >= 4 is 39.8 Å². The van der Waals surface area contributed by atoms with E-state index in [9.17, 15) is 8.42 Å². The molecule has 2 aromatic carbocycles. The molecule has 0 spiro atoms. The summed E-state index contributed by atoms with van der Waals surface area (Å²) < 4.78 is 31.0. The van der Waals surface area contributed by atoms with E-state index in [-0.39, 0.29) is 42.4 Å². The number of halogens is 1. The standard InChI is InChI=1S/C22H29N3O3S.HI/c1-3-23-22(24-13-16-29(26,27)19-10-5-4-6-11-19)25-14-15-28-21(17-25)20-12-8-7-9-18(20)2;/h4-12,21H,3,13-17H2,1-2H3,(H,23,24);1H. The Morgan fingerprint density at radius 1 is 1.17 bits per heavy atom. The molecule has 1 N–H and O–H groups in total. The minimum Gasteiger partial charge on any atom is -0.370 e. The van der Waals surface area contributed by atoms with E-state index < -0.39 is 9.84 Å². The van der Waals surface area contributed by atoms with E-state index in [2.05, 4.69) is 34.3 Å². The van der Waals surface area contributed by atoms with E-state index in [1.807, 2.05) is 25.1 Å². The van der Waals surface area contributed by atoms with Crippen LogP contribution in [-0.2, 0) is 14.6 Å². The van der Waals surface area contributed by atoms with Gasteiger partial charge in [0.05, 0.1) is 30.3 Å². The molecule has 8 heteroatoms. The Hall–Kier alpha value is -1.65. The van der Waals surface area contributed by atoms with Crippen LogP contribution in [0.2, 0.25) is 0 Å². The quantitative estimate of drug-likeness (QED) is 0.344. The van der Waals surface area contributed by atoms with Crippen molar-refractivity contribution in [3.8, 4) is 0 Å². The fourth-order valence-corrected chi connectivity index (χ4v) is 4.56. The van der Waals surface area contributed by atoms with Crippen LogP contribution in [0.25, 0.3) is 0 Å². The number of aryl methyl sites for hydroxylation is 1. The molecule has 2 aromatic rings. The summed E-state index contributed by atoms with van der Waals surface area (Å²) in [6, 6.07) is 16.8. The lowest BCUT2D eigenvalue weighted by atomic mass is 10.0. The number of nitrogens with zero attached hydrogens (tertiary/aromatic N) is 2. The van der Waals surface area contributed by atoms with Crippen LogP contribution >= 0.6 is 24.0 Å². The van der Waals surface area contributed by atoms with Crippen molar-refractivity contribution in [2.24, 2.45) is 4.99 Å². The first-order chi connectivity index (χ1) is 14.0. The lowest BCUT2D eigenvalue weighted by Gasteiger charge is -2.35. The summed E-state index contributed by atoms with van der Waals surface area (Å²) >= 11 is 0. The zero-order chi connectivity index (χ0) is 20.7. The van der Waals surface area contributed by atoms with Gasteiger partial charge in [-0.25, -0.2) is 8.42 Å². The molecule has 6 nitrogen and oxygen atoms in total. The highest BCUT2D eigenvalue weighted by Crippen LogP contribution is 2.25. The topological polar surface area (TPSA) is 71.0 Å². The average molecular weight is 543 g/mol. The number of morpholine rings is 1. The number of ether oxygens (including phenoxy) is 1. The molecule has 30 heavy (non-hydrogen) atoms. The number of aliphatic imine (C=N–C) groups is 1. The average Bonchev–Trinajstić information content (AvgIpc) is 2.74. The van der Waals surface area contributed by atoms with Crippen molar-refractivity contribution in [3.63, 3.8) is 0 Å². The van der Waals surface area contributed by atoms with Gasteiger partial charge in [-0.05, 0) is 37.1 Å². The molecule has 1 aliphatic rings. The van der Waals surface area contributed by atoms with E-state index in [1.54, 1.807) is 24.3 Å². The number of guanidine groups is 1. The van der Waals surface area contributed by atoms with Gasteiger partial charge in [-0.2, -0.15) is 0 Å². The van der Waals surface area contributed by atoms with Crippen LogP contribution in [0.4, 0.5) is 0 Å². The molecule has 1 atom stereocenters. The smallest absolute Gasteiger partial charge is 0.194 e. The maximum absolute atomic E-state index is 12.5. The fraction of sp³-hybridized carbons (Fsp3) is 0.409. The second kappa shape index (κ2) is 11.7. The van der Waals surface area contributed by atoms with E-state index in [0.717, 1.165) is 19.0 Å². The van der Waals surface area contributed by atoms with Gasteiger partial charge in [0.2, 0.25) is 0 Å². The minimum atomic E-state index is -3.34. The van der Waals surface area contributed by atoms with Gasteiger partial charge in [-0.3, -0.25) is 4.99 Å². The van der Waals surface area contributed by atoms with Gasteiger partial charge < -0.3 is 15.0 Å². The predicted octanol–water partition coefficient (Wildman–Crippen LogP) is 3.43. The van der Waals surface area contributed by atoms with E-state index >= 15 is 0 Å². The minimum absolute atomic E-state index is 0. The second-order valence-corrected chi connectivity index (χ2v) is 9.14. The molecule has 0 aromatic heterocycles. The summed E-state index contributed by atoms with van der Waals surface area (Å²) in [5.41, 5.74) is 2.38. The Morgan fingerprint density at radius 2 is 1.87 bits per heavy atom. The third-order valence-electron chi connectivity index (χ3n) is 4.96. The third-order valence-corrected chi connectivity index (χ3v) is 6.67. The number of hydrogen-bond acceptors (Lipinski definition) is 4. The van der Waals surface area contributed by atoms with Gasteiger partial charge in [-0.15, -0.1) is 24.0 Å². The van der Waals surface area contributed by atoms with Gasteiger partial charge in [0.15, 0.2) is 15.8 Å². The largest absolute Gasteiger partial charge is 0.370 e. The van der Waals surface area contributed by atoms with Crippen molar-refractivity contribution < 1.29 is 13.2 Å². The van der Waals surface area contributed by atoms with Crippen LogP contribution < -0.4 is 5.32 Å². The lowest BCUT2D eigenvalue weighted by Crippen LogP contribution is -2.48. The maximum Gasteiger partial charge on any atom is 0.194 e. The molecule has 1 fully saturated rings. The summed E-state index contributed by atoms with van der Waals surface area (Å²) in [6.07, 6.45) is -0.0261. The van der Waals surface area contributed by atoms with Crippen molar-refractivity contribution in [1.29, 1.82) is 0 Å². The van der Waals surface area contributed by atoms with Crippen LogP contribution in [-0.4, -0.2) is 57.8 Å². The highest BCUT2D eigenvalue weighted by molar-refractivity contribution is 14.0. The molecule has 0 amide bonds. The number of rotatable bonds is 6. The van der Waals surface area contributed by atoms with Crippen LogP contribution in [0.15, 0.2) is 64.5 Å². The molecule has 164 valence electrons. The van der Waals surface area contributed by atoms with Crippen molar-refractivity contribution in [2.45, 2.75) is 24.8 Å². The molecular formula is C22H30IN3O3S. The van der Waals surface area contributed by atoms with Gasteiger partial charge in [0.25, 0.3) is 0 Å². The number of sulfone groups is 1. The zero-order valence-electron chi connectivity index (χ0n) is 17.5. The molecule has 1 unspecified atom stereocenters. The molecule has 1 saturated heterocycles. The zero-order valence-corrected chi connectivity index (χ0v) is 20.6. The second-order valence-electron chi connectivity index (χ2n) is 7.03. The summed E-state index contributed by atoms with van der Waals surface area (Å²) in [7, 11) is -3.34. The predicted molar refractivity (Wildman–Crippen MR) is 131 cm³/mol. The van der Waals surface area contributed by atoms with Crippen molar-refractivity contribution in [2.75, 3.05) is 38.5 Å². The summed E-state index contributed by atoms with van der Waals surface area (Å²) in [6.45, 7) is 7.04. The number of hydrogen-bond donors (Lipinski definition) is 1. The van der Waals surface area contributed by atoms with Crippen LogP contribution in [0.5, 0.6) is 0 Å². The van der Waals surface area contributed by atoms with E-state index in [1.165, 1.54) is 11.1 Å². The number of nitrogens with one attached hydrogen (secondary N) is 1. The molecule has 1 heterocycles. The Bertz CT molecular complexity index is 936. The first-order valence-electron chi connectivity index (χ1n) is 9.99. The van der Waals surface area contributed by atoms with Crippen LogP contribution in [0.3, 0.4) is 0 Å². The first-order valence-corrected chi connectivity index (χ1v) is 11.6. The molecular weight excluding hydrogens is 513 g/mol. The maximum atomic E-state index is 12.5.